The van der Waals surface area contributed by atoms with Gasteiger partial charge in [-0.2, -0.15) is 0 Å². The molecule has 0 aliphatic carbocycles. The van der Waals surface area contributed by atoms with E-state index in [1.54, 1.807) is 0 Å². The van der Waals surface area contributed by atoms with E-state index in [1.165, 1.54) is 0 Å². The molecular formula is C10H22N2O. The van der Waals surface area contributed by atoms with Crippen LogP contribution in [0, 0.1) is 0 Å². The zero-order valence-corrected chi connectivity index (χ0v) is 9.05. The molecular weight excluding hydrogens is 164 g/mol. The van der Waals surface area contributed by atoms with Crippen molar-refractivity contribution in [3.63, 3.8) is 0 Å². The van der Waals surface area contributed by atoms with Crippen molar-refractivity contribution in [1.82, 2.24) is 4.90 Å². The topological polar surface area (TPSA) is 38.5 Å². The van der Waals surface area contributed by atoms with Crippen LogP contribution in [0.5, 0.6) is 0 Å². The summed E-state index contributed by atoms with van der Waals surface area (Å²) in [5.41, 5.74) is 5.86. The molecule has 2 N–H and O–H groups in total. The smallest absolute Gasteiger partial charge is 0.0700 e. The van der Waals surface area contributed by atoms with Crippen molar-refractivity contribution < 1.29 is 4.74 Å². The van der Waals surface area contributed by atoms with E-state index in [-0.39, 0.29) is 5.54 Å². The molecule has 1 aliphatic rings. The maximum absolute atomic E-state index is 5.74. The summed E-state index contributed by atoms with van der Waals surface area (Å²) in [7, 11) is 0. The summed E-state index contributed by atoms with van der Waals surface area (Å²) in [6.07, 6.45) is 1.50. The highest BCUT2D eigenvalue weighted by Gasteiger charge is 2.29. The van der Waals surface area contributed by atoms with Crippen molar-refractivity contribution in [1.29, 1.82) is 0 Å². The highest BCUT2D eigenvalue weighted by atomic mass is 16.5. The summed E-state index contributed by atoms with van der Waals surface area (Å²) in [6.45, 7) is 10.2. The van der Waals surface area contributed by atoms with Crippen LogP contribution < -0.4 is 5.73 Å². The predicted octanol–water partition coefficient (Wildman–Crippen LogP) is 0.835. The van der Waals surface area contributed by atoms with Gasteiger partial charge in [0.15, 0.2) is 0 Å². The third-order valence-electron chi connectivity index (χ3n) is 2.95. The van der Waals surface area contributed by atoms with Crippen LogP contribution in [0.4, 0.5) is 0 Å². The third kappa shape index (κ3) is 2.66. The summed E-state index contributed by atoms with van der Waals surface area (Å²) in [5, 5.41) is 0. The molecule has 3 heteroatoms. The molecule has 0 spiro atoms. The van der Waals surface area contributed by atoms with E-state index in [2.05, 4.69) is 25.7 Å². The number of ether oxygens (including phenoxy) is 1. The summed E-state index contributed by atoms with van der Waals surface area (Å²) in [5.74, 6) is 0. The van der Waals surface area contributed by atoms with Crippen molar-refractivity contribution in [2.45, 2.75) is 38.8 Å². The van der Waals surface area contributed by atoms with Crippen LogP contribution in [0.1, 0.15) is 27.2 Å². The molecule has 1 saturated heterocycles. The van der Waals surface area contributed by atoms with Gasteiger partial charge in [0, 0.05) is 25.2 Å². The molecule has 1 unspecified atom stereocenters. The molecule has 1 atom stereocenters. The summed E-state index contributed by atoms with van der Waals surface area (Å²) >= 11 is 0. The van der Waals surface area contributed by atoms with E-state index in [0.717, 1.165) is 26.1 Å². The standard InChI is InChI=1S/C10H22N2O/c1-4-9-7-12(5-6-13-9)10(2,3)8-11/h9H,4-8,11H2,1-3H3. The van der Waals surface area contributed by atoms with Gasteiger partial charge in [-0.15, -0.1) is 0 Å². The fraction of sp³-hybridized carbons (Fsp3) is 1.00. The Kier molecular flexibility index (Phi) is 3.71. The van der Waals surface area contributed by atoms with Crippen LogP contribution in [0.3, 0.4) is 0 Å². The van der Waals surface area contributed by atoms with Crippen molar-refractivity contribution in [2.75, 3.05) is 26.2 Å². The second-order valence-corrected chi connectivity index (χ2v) is 4.36. The average molecular weight is 186 g/mol. The number of hydrogen-bond donors (Lipinski definition) is 1. The third-order valence-corrected chi connectivity index (χ3v) is 2.95. The molecule has 13 heavy (non-hydrogen) atoms. The zero-order valence-electron chi connectivity index (χ0n) is 9.05. The van der Waals surface area contributed by atoms with Crippen LogP contribution in [0.2, 0.25) is 0 Å². The minimum atomic E-state index is 0.122. The number of nitrogens with zero attached hydrogens (tertiary/aromatic N) is 1. The van der Waals surface area contributed by atoms with Crippen LogP contribution in [0.25, 0.3) is 0 Å². The predicted molar refractivity (Wildman–Crippen MR) is 54.7 cm³/mol. The highest BCUT2D eigenvalue weighted by Crippen LogP contribution is 2.18. The van der Waals surface area contributed by atoms with E-state index in [4.69, 9.17) is 10.5 Å². The molecule has 1 rings (SSSR count). The Morgan fingerprint density at radius 2 is 2.23 bits per heavy atom. The van der Waals surface area contributed by atoms with Crippen LogP contribution in [-0.4, -0.2) is 42.8 Å². The number of rotatable bonds is 3. The number of morpholine rings is 1. The Labute approximate surface area is 81.2 Å². The van der Waals surface area contributed by atoms with Crippen molar-refractivity contribution in [2.24, 2.45) is 5.73 Å². The fourth-order valence-electron chi connectivity index (χ4n) is 1.65. The van der Waals surface area contributed by atoms with Crippen molar-refractivity contribution in [3.8, 4) is 0 Å². The van der Waals surface area contributed by atoms with Gasteiger partial charge in [0.25, 0.3) is 0 Å². The van der Waals surface area contributed by atoms with Crippen LogP contribution in [-0.2, 0) is 4.74 Å². The van der Waals surface area contributed by atoms with Crippen LogP contribution in [0.15, 0.2) is 0 Å². The highest BCUT2D eigenvalue weighted by molar-refractivity contribution is 4.85. The Morgan fingerprint density at radius 3 is 2.77 bits per heavy atom. The SMILES string of the molecule is CCC1CN(C(C)(C)CN)CCO1. The molecule has 1 fully saturated rings. The molecule has 78 valence electrons. The molecule has 0 amide bonds. The molecule has 0 radical (unpaired) electrons. The van der Waals surface area contributed by atoms with Crippen molar-refractivity contribution >= 4 is 0 Å². The first kappa shape index (κ1) is 11.0. The van der Waals surface area contributed by atoms with Gasteiger partial charge in [0.2, 0.25) is 0 Å². The number of nitrogens with two attached hydrogens (primary N) is 1. The summed E-state index contributed by atoms with van der Waals surface area (Å²) < 4.78 is 5.61. The van der Waals surface area contributed by atoms with Crippen molar-refractivity contribution in [3.05, 3.63) is 0 Å². The van der Waals surface area contributed by atoms with Crippen LogP contribution >= 0.6 is 0 Å². The second-order valence-electron chi connectivity index (χ2n) is 4.36. The molecule has 0 aromatic rings. The Balaban J connectivity index is 2.50. The molecule has 0 aromatic carbocycles. The molecule has 0 saturated carbocycles. The van der Waals surface area contributed by atoms with E-state index >= 15 is 0 Å². The minimum Gasteiger partial charge on any atom is -0.376 e. The fourth-order valence-corrected chi connectivity index (χ4v) is 1.65. The molecule has 1 heterocycles. The lowest BCUT2D eigenvalue weighted by molar-refractivity contribution is -0.0607. The van der Waals surface area contributed by atoms with Gasteiger partial charge in [-0.3, -0.25) is 4.90 Å². The first-order valence-electron chi connectivity index (χ1n) is 5.17. The van der Waals surface area contributed by atoms with E-state index in [0.29, 0.717) is 12.6 Å². The maximum Gasteiger partial charge on any atom is 0.0700 e. The van der Waals surface area contributed by atoms with E-state index in [1.807, 2.05) is 0 Å². The monoisotopic (exact) mass is 186 g/mol. The van der Waals surface area contributed by atoms with Gasteiger partial charge in [-0.05, 0) is 20.3 Å². The lowest BCUT2D eigenvalue weighted by Crippen LogP contribution is -2.55. The summed E-state index contributed by atoms with van der Waals surface area (Å²) in [4.78, 5) is 2.44. The average Bonchev–Trinajstić information content (AvgIpc) is 2.18. The first-order chi connectivity index (χ1) is 6.10. The van der Waals surface area contributed by atoms with Gasteiger partial charge in [0.1, 0.15) is 0 Å². The minimum absolute atomic E-state index is 0.122. The zero-order chi connectivity index (χ0) is 9.90. The second kappa shape index (κ2) is 4.40. The maximum atomic E-state index is 5.74. The van der Waals surface area contributed by atoms with Gasteiger partial charge >= 0.3 is 0 Å². The summed E-state index contributed by atoms with van der Waals surface area (Å²) in [6, 6.07) is 0. The quantitative estimate of drug-likeness (QED) is 0.709. The largest absolute Gasteiger partial charge is 0.376 e. The lowest BCUT2D eigenvalue weighted by Gasteiger charge is -2.42. The lowest BCUT2D eigenvalue weighted by atomic mass is 10.0. The van der Waals surface area contributed by atoms with E-state index in [9.17, 15) is 0 Å². The van der Waals surface area contributed by atoms with Gasteiger partial charge < -0.3 is 10.5 Å². The molecule has 3 nitrogen and oxygen atoms in total. The Hall–Kier alpha value is -0.120. The Morgan fingerprint density at radius 1 is 1.54 bits per heavy atom. The normalized spacial score (nSPS) is 26.3. The van der Waals surface area contributed by atoms with Gasteiger partial charge in [0.05, 0.1) is 12.7 Å². The molecule has 0 aromatic heterocycles. The molecule has 1 aliphatic heterocycles. The Bertz CT molecular complexity index is 159. The molecule has 0 bridgehead atoms. The van der Waals surface area contributed by atoms with Gasteiger partial charge in [-0.1, -0.05) is 6.92 Å². The van der Waals surface area contributed by atoms with E-state index < -0.39 is 0 Å². The number of hydrogen-bond acceptors (Lipinski definition) is 3. The van der Waals surface area contributed by atoms with Gasteiger partial charge in [-0.25, -0.2) is 0 Å². The first-order valence-corrected chi connectivity index (χ1v) is 5.17.